The number of ether oxygens (including phenoxy) is 1. The van der Waals surface area contributed by atoms with Crippen LogP contribution in [0, 0.1) is 0 Å². The second-order valence-electron chi connectivity index (χ2n) is 5.02. The van der Waals surface area contributed by atoms with Crippen LogP contribution in [0.3, 0.4) is 0 Å². The molecule has 0 aliphatic carbocycles. The van der Waals surface area contributed by atoms with E-state index in [1.807, 2.05) is 67.6 Å². The molecule has 0 N–H and O–H groups in total. The molecule has 2 aromatic carbocycles. The van der Waals surface area contributed by atoms with Crippen LogP contribution in [0.2, 0.25) is 0 Å². The number of carbonyl (C=O) groups is 1. The molecule has 3 nitrogen and oxygen atoms in total. The van der Waals surface area contributed by atoms with Crippen LogP contribution in [0.4, 0.5) is 0 Å². The van der Waals surface area contributed by atoms with Gasteiger partial charge in [-0.2, -0.15) is 0 Å². The molecule has 0 fully saturated rings. The first-order valence-electron chi connectivity index (χ1n) is 7.13. The zero-order valence-corrected chi connectivity index (χ0v) is 12.0. The van der Waals surface area contributed by atoms with Gasteiger partial charge in [0.2, 0.25) is 5.54 Å². The van der Waals surface area contributed by atoms with Gasteiger partial charge in [0.1, 0.15) is 0 Å². The van der Waals surface area contributed by atoms with Crippen LogP contribution in [0.1, 0.15) is 18.1 Å². The second kappa shape index (κ2) is 5.52. The standard InChI is InChI=1S/C18H17NO2/c1-2-21-17(20)18(15-11-7-4-8-12-15)16(19-18)13-14-9-5-3-6-10-14/h3-12H,2,13H2,1H3. The summed E-state index contributed by atoms with van der Waals surface area (Å²) in [6.45, 7) is 2.18. The van der Waals surface area contributed by atoms with Crippen LogP contribution in [-0.4, -0.2) is 18.3 Å². The summed E-state index contributed by atoms with van der Waals surface area (Å²) in [4.78, 5) is 16.9. The first-order valence-corrected chi connectivity index (χ1v) is 7.13. The molecule has 21 heavy (non-hydrogen) atoms. The monoisotopic (exact) mass is 279 g/mol. The van der Waals surface area contributed by atoms with E-state index in [1.165, 1.54) is 0 Å². The van der Waals surface area contributed by atoms with E-state index in [0.29, 0.717) is 13.0 Å². The maximum absolute atomic E-state index is 12.4. The molecule has 1 atom stereocenters. The Morgan fingerprint density at radius 2 is 1.67 bits per heavy atom. The number of hydrogen-bond donors (Lipinski definition) is 0. The highest BCUT2D eigenvalue weighted by Crippen LogP contribution is 2.42. The Kier molecular flexibility index (Phi) is 3.57. The van der Waals surface area contributed by atoms with Gasteiger partial charge in [0.25, 0.3) is 0 Å². The first kappa shape index (κ1) is 13.6. The lowest BCUT2D eigenvalue weighted by Gasteiger charge is -2.14. The summed E-state index contributed by atoms with van der Waals surface area (Å²) in [5.41, 5.74) is 2.01. The van der Waals surface area contributed by atoms with Crippen molar-refractivity contribution in [1.82, 2.24) is 0 Å². The van der Waals surface area contributed by atoms with Gasteiger partial charge in [0.05, 0.1) is 12.3 Å². The minimum Gasteiger partial charge on any atom is -0.464 e. The molecule has 1 heterocycles. The topological polar surface area (TPSA) is 38.7 Å². The highest BCUT2D eigenvalue weighted by molar-refractivity contribution is 6.22. The highest BCUT2D eigenvalue weighted by Gasteiger charge is 2.56. The van der Waals surface area contributed by atoms with E-state index in [1.54, 1.807) is 0 Å². The Bertz CT molecular complexity index is 664. The normalized spacial score (nSPS) is 19.8. The summed E-state index contributed by atoms with van der Waals surface area (Å²) in [6, 6.07) is 19.7. The molecule has 106 valence electrons. The highest BCUT2D eigenvalue weighted by atomic mass is 16.5. The third-order valence-corrected chi connectivity index (χ3v) is 3.65. The molecule has 3 rings (SSSR count). The molecule has 0 saturated carbocycles. The Morgan fingerprint density at radius 3 is 2.29 bits per heavy atom. The van der Waals surface area contributed by atoms with Crippen LogP contribution in [-0.2, 0) is 21.5 Å². The van der Waals surface area contributed by atoms with Gasteiger partial charge in [-0.25, -0.2) is 4.79 Å². The van der Waals surface area contributed by atoms with Crippen LogP contribution in [0.25, 0.3) is 0 Å². The van der Waals surface area contributed by atoms with Crippen molar-refractivity contribution in [2.24, 2.45) is 4.99 Å². The Labute approximate surface area is 124 Å². The SMILES string of the molecule is CCOC(=O)C1(c2ccccc2)N=C1Cc1ccccc1. The predicted molar refractivity (Wildman–Crippen MR) is 82.3 cm³/mol. The molecule has 0 bridgehead atoms. The summed E-state index contributed by atoms with van der Waals surface area (Å²) >= 11 is 0. The predicted octanol–water partition coefficient (Wildman–Crippen LogP) is 3.14. The zero-order valence-electron chi connectivity index (χ0n) is 12.0. The van der Waals surface area contributed by atoms with Crippen LogP contribution < -0.4 is 0 Å². The minimum absolute atomic E-state index is 0.276. The van der Waals surface area contributed by atoms with E-state index in [-0.39, 0.29) is 5.97 Å². The van der Waals surface area contributed by atoms with Crippen molar-refractivity contribution in [3.05, 3.63) is 71.8 Å². The number of benzene rings is 2. The van der Waals surface area contributed by atoms with Crippen molar-refractivity contribution in [3.63, 3.8) is 0 Å². The van der Waals surface area contributed by atoms with E-state index in [4.69, 9.17) is 4.74 Å². The number of hydrogen-bond acceptors (Lipinski definition) is 3. The van der Waals surface area contributed by atoms with Crippen molar-refractivity contribution in [1.29, 1.82) is 0 Å². The van der Waals surface area contributed by atoms with Crippen molar-refractivity contribution in [3.8, 4) is 0 Å². The third kappa shape index (κ3) is 2.47. The number of rotatable bonds is 5. The molecule has 1 unspecified atom stereocenters. The van der Waals surface area contributed by atoms with Gasteiger partial charge in [-0.3, -0.25) is 4.99 Å². The van der Waals surface area contributed by atoms with E-state index in [9.17, 15) is 4.79 Å². The number of carbonyl (C=O) groups excluding carboxylic acids is 1. The lowest BCUT2D eigenvalue weighted by molar-refractivity contribution is -0.145. The minimum atomic E-state index is -0.896. The summed E-state index contributed by atoms with van der Waals surface area (Å²) in [5.74, 6) is -0.276. The molecular formula is C18H17NO2. The van der Waals surface area contributed by atoms with Gasteiger partial charge in [-0.05, 0) is 18.1 Å². The fourth-order valence-corrected chi connectivity index (χ4v) is 2.56. The van der Waals surface area contributed by atoms with Gasteiger partial charge >= 0.3 is 5.97 Å². The lowest BCUT2D eigenvalue weighted by Crippen LogP contribution is -2.30. The average molecular weight is 279 g/mol. The summed E-state index contributed by atoms with van der Waals surface area (Å²) in [7, 11) is 0. The molecule has 2 aromatic rings. The third-order valence-electron chi connectivity index (χ3n) is 3.65. The van der Waals surface area contributed by atoms with Crippen molar-refractivity contribution in [2.75, 3.05) is 6.61 Å². The van der Waals surface area contributed by atoms with Crippen LogP contribution in [0.15, 0.2) is 65.7 Å². The van der Waals surface area contributed by atoms with Gasteiger partial charge < -0.3 is 4.74 Å². The smallest absolute Gasteiger partial charge is 0.344 e. The Balaban J connectivity index is 1.86. The molecule has 0 spiro atoms. The summed E-state index contributed by atoms with van der Waals surface area (Å²) < 4.78 is 5.24. The van der Waals surface area contributed by atoms with E-state index < -0.39 is 5.54 Å². The van der Waals surface area contributed by atoms with Crippen molar-refractivity contribution < 1.29 is 9.53 Å². The molecule has 1 aliphatic rings. The fourth-order valence-electron chi connectivity index (χ4n) is 2.56. The van der Waals surface area contributed by atoms with Gasteiger partial charge in [-0.1, -0.05) is 60.7 Å². The number of nitrogens with zero attached hydrogens (tertiary/aromatic N) is 1. The summed E-state index contributed by atoms with van der Waals surface area (Å²) in [5, 5.41) is 0. The van der Waals surface area contributed by atoms with Crippen molar-refractivity contribution in [2.45, 2.75) is 18.9 Å². The van der Waals surface area contributed by atoms with Crippen molar-refractivity contribution >= 4 is 11.7 Å². The molecule has 1 aliphatic heterocycles. The second-order valence-corrected chi connectivity index (χ2v) is 5.02. The molecule has 3 heteroatoms. The van der Waals surface area contributed by atoms with E-state index in [0.717, 1.165) is 16.8 Å². The molecule has 0 amide bonds. The largest absolute Gasteiger partial charge is 0.464 e. The molecule has 0 radical (unpaired) electrons. The first-order chi connectivity index (χ1) is 10.3. The van der Waals surface area contributed by atoms with Gasteiger partial charge in [0.15, 0.2) is 0 Å². The van der Waals surface area contributed by atoms with Gasteiger partial charge in [0, 0.05) is 6.42 Å². The average Bonchev–Trinajstić information content (AvgIpc) is 3.25. The van der Waals surface area contributed by atoms with E-state index in [2.05, 4.69) is 4.99 Å². The lowest BCUT2D eigenvalue weighted by atomic mass is 9.90. The maximum atomic E-state index is 12.4. The fraction of sp³-hybridized carbons (Fsp3) is 0.222. The van der Waals surface area contributed by atoms with E-state index >= 15 is 0 Å². The number of esters is 1. The Hall–Kier alpha value is -2.42. The van der Waals surface area contributed by atoms with Gasteiger partial charge in [-0.15, -0.1) is 0 Å². The molecule has 0 saturated heterocycles. The number of aliphatic imine (C=N–C) groups is 1. The zero-order chi connectivity index (χ0) is 14.7. The molecule has 0 aromatic heterocycles. The Morgan fingerprint density at radius 1 is 1.05 bits per heavy atom. The molecular weight excluding hydrogens is 262 g/mol. The summed E-state index contributed by atoms with van der Waals surface area (Å²) in [6.07, 6.45) is 0.675. The quantitative estimate of drug-likeness (QED) is 0.789. The van der Waals surface area contributed by atoms with Crippen LogP contribution >= 0.6 is 0 Å². The van der Waals surface area contributed by atoms with Crippen LogP contribution in [0.5, 0.6) is 0 Å². The maximum Gasteiger partial charge on any atom is 0.344 e.